The average molecular weight is 292 g/mol. The van der Waals surface area contributed by atoms with Crippen LogP contribution in [0.4, 0.5) is 5.82 Å². The summed E-state index contributed by atoms with van der Waals surface area (Å²) in [5.41, 5.74) is 0.849. The van der Waals surface area contributed by atoms with Crippen LogP contribution in [0.1, 0.15) is 48.7 Å². The largest absolute Gasteiger partial charge is 0.359 e. The predicted molar refractivity (Wildman–Crippen MR) is 81.3 cm³/mol. The van der Waals surface area contributed by atoms with Crippen molar-refractivity contribution in [3.8, 4) is 0 Å². The van der Waals surface area contributed by atoms with Crippen molar-refractivity contribution < 1.29 is 9.32 Å². The van der Waals surface area contributed by atoms with Crippen LogP contribution in [0.15, 0.2) is 22.0 Å². The van der Waals surface area contributed by atoms with E-state index in [1.54, 1.807) is 17.4 Å². The fourth-order valence-corrected chi connectivity index (χ4v) is 2.80. The molecule has 0 bridgehead atoms. The number of rotatable bonds is 4. The Morgan fingerprint density at radius 3 is 2.85 bits per heavy atom. The number of aromatic nitrogens is 1. The van der Waals surface area contributed by atoms with Gasteiger partial charge in [0.15, 0.2) is 5.82 Å². The minimum absolute atomic E-state index is 0.126. The first-order chi connectivity index (χ1) is 9.39. The molecule has 5 heteroatoms. The molecule has 1 N–H and O–H groups in total. The number of carbonyl (C=O) groups is 1. The highest BCUT2D eigenvalue weighted by Gasteiger charge is 2.17. The molecule has 0 aliphatic rings. The van der Waals surface area contributed by atoms with Crippen LogP contribution < -0.4 is 5.32 Å². The Balaban J connectivity index is 2.05. The Labute approximate surface area is 123 Å². The number of nitrogens with one attached hydrogen (secondary N) is 1. The summed E-state index contributed by atoms with van der Waals surface area (Å²) in [6.07, 6.45) is 1.64. The van der Waals surface area contributed by atoms with Gasteiger partial charge in [0.05, 0.1) is 5.56 Å². The zero-order valence-electron chi connectivity index (χ0n) is 12.3. The van der Waals surface area contributed by atoms with Crippen molar-refractivity contribution in [3.63, 3.8) is 0 Å². The minimum Gasteiger partial charge on any atom is -0.359 e. The van der Waals surface area contributed by atoms with Gasteiger partial charge in [-0.25, -0.2) is 0 Å². The highest BCUT2D eigenvalue weighted by molar-refractivity contribution is 7.10. The van der Waals surface area contributed by atoms with Crippen molar-refractivity contribution in [2.45, 2.75) is 40.5 Å². The second-order valence-electron chi connectivity index (χ2n) is 5.98. The van der Waals surface area contributed by atoms with E-state index < -0.39 is 0 Å². The van der Waals surface area contributed by atoms with Crippen LogP contribution in [0.2, 0.25) is 0 Å². The summed E-state index contributed by atoms with van der Waals surface area (Å²) in [5.74, 6) is 1.13. The summed E-state index contributed by atoms with van der Waals surface area (Å²) in [6, 6.07) is 3.64. The SMILES string of the molecule is CCc1sccc1C(=O)Nc1cc(CC(C)(C)C)on1. The summed E-state index contributed by atoms with van der Waals surface area (Å²) >= 11 is 1.60. The van der Waals surface area contributed by atoms with Crippen molar-refractivity contribution >= 4 is 23.1 Å². The molecule has 0 saturated heterocycles. The third-order valence-electron chi connectivity index (χ3n) is 2.82. The molecule has 20 heavy (non-hydrogen) atoms. The number of aryl methyl sites for hydroxylation is 1. The highest BCUT2D eigenvalue weighted by atomic mass is 32.1. The molecule has 2 aromatic rings. The number of anilines is 1. The second-order valence-corrected chi connectivity index (χ2v) is 6.98. The number of hydrogen-bond donors (Lipinski definition) is 1. The van der Waals surface area contributed by atoms with E-state index in [2.05, 4.69) is 31.2 Å². The lowest BCUT2D eigenvalue weighted by Crippen LogP contribution is -2.12. The molecule has 0 aliphatic heterocycles. The molecule has 0 aliphatic carbocycles. The number of nitrogens with zero attached hydrogens (tertiary/aromatic N) is 1. The van der Waals surface area contributed by atoms with Crippen LogP contribution in [-0.4, -0.2) is 11.1 Å². The predicted octanol–water partition coefficient (Wildman–Crippen LogP) is 4.14. The third kappa shape index (κ3) is 3.70. The van der Waals surface area contributed by atoms with E-state index in [-0.39, 0.29) is 11.3 Å². The standard InChI is InChI=1S/C15H20N2O2S/c1-5-12-11(6-7-20-12)14(18)16-13-8-10(19-17-13)9-15(2,3)4/h6-8H,5,9H2,1-4H3,(H,16,17,18). The molecule has 0 unspecified atom stereocenters. The molecule has 0 spiro atoms. The Morgan fingerprint density at radius 1 is 1.45 bits per heavy atom. The Kier molecular flexibility index (Phi) is 4.28. The lowest BCUT2D eigenvalue weighted by Gasteiger charge is -2.14. The van der Waals surface area contributed by atoms with E-state index in [9.17, 15) is 4.79 Å². The van der Waals surface area contributed by atoms with Crippen molar-refractivity contribution in [2.75, 3.05) is 5.32 Å². The quantitative estimate of drug-likeness (QED) is 0.921. The fourth-order valence-electron chi connectivity index (χ4n) is 1.98. The molecule has 2 rings (SSSR count). The summed E-state index contributed by atoms with van der Waals surface area (Å²) in [7, 11) is 0. The molecular formula is C15H20N2O2S. The van der Waals surface area contributed by atoms with Crippen molar-refractivity contribution in [1.29, 1.82) is 0 Å². The molecule has 0 fully saturated rings. The van der Waals surface area contributed by atoms with Crippen LogP contribution in [0.25, 0.3) is 0 Å². The zero-order chi connectivity index (χ0) is 14.8. The second kappa shape index (κ2) is 5.79. The summed E-state index contributed by atoms with van der Waals surface area (Å²) in [6.45, 7) is 8.44. The molecule has 2 aromatic heterocycles. The lowest BCUT2D eigenvalue weighted by atomic mass is 9.91. The van der Waals surface area contributed by atoms with Crippen molar-refractivity contribution in [3.05, 3.63) is 33.7 Å². The van der Waals surface area contributed by atoms with Gasteiger partial charge in [-0.15, -0.1) is 11.3 Å². The first-order valence-electron chi connectivity index (χ1n) is 6.72. The molecule has 4 nitrogen and oxygen atoms in total. The van der Waals surface area contributed by atoms with Gasteiger partial charge < -0.3 is 9.84 Å². The van der Waals surface area contributed by atoms with E-state index in [0.717, 1.165) is 29.0 Å². The average Bonchev–Trinajstić information content (AvgIpc) is 2.95. The van der Waals surface area contributed by atoms with Crippen LogP contribution in [0.3, 0.4) is 0 Å². The molecule has 0 atom stereocenters. The third-order valence-corrected chi connectivity index (χ3v) is 3.88. The number of hydrogen-bond acceptors (Lipinski definition) is 4. The van der Waals surface area contributed by atoms with E-state index in [1.807, 2.05) is 18.4 Å². The van der Waals surface area contributed by atoms with Gasteiger partial charge in [-0.3, -0.25) is 4.79 Å². The first-order valence-corrected chi connectivity index (χ1v) is 7.60. The maximum atomic E-state index is 12.2. The van der Waals surface area contributed by atoms with E-state index >= 15 is 0 Å². The van der Waals surface area contributed by atoms with Gasteiger partial charge in [0, 0.05) is 17.4 Å². The molecule has 0 saturated carbocycles. The summed E-state index contributed by atoms with van der Waals surface area (Å²) < 4.78 is 5.25. The number of amides is 1. The Hall–Kier alpha value is -1.62. The molecule has 2 heterocycles. The van der Waals surface area contributed by atoms with Gasteiger partial charge in [0.1, 0.15) is 5.76 Å². The molecule has 108 valence electrons. The summed E-state index contributed by atoms with van der Waals surface area (Å²) in [4.78, 5) is 13.2. The van der Waals surface area contributed by atoms with Crippen LogP contribution in [-0.2, 0) is 12.8 Å². The maximum Gasteiger partial charge on any atom is 0.258 e. The van der Waals surface area contributed by atoms with Gasteiger partial charge in [-0.1, -0.05) is 32.9 Å². The molecule has 0 aromatic carbocycles. The van der Waals surface area contributed by atoms with Crippen molar-refractivity contribution in [2.24, 2.45) is 5.41 Å². The smallest absolute Gasteiger partial charge is 0.258 e. The number of carbonyl (C=O) groups excluding carboxylic acids is 1. The van der Waals surface area contributed by atoms with Crippen molar-refractivity contribution in [1.82, 2.24) is 5.16 Å². The molecular weight excluding hydrogens is 272 g/mol. The van der Waals surface area contributed by atoms with Gasteiger partial charge in [0.25, 0.3) is 5.91 Å². The Bertz CT molecular complexity index is 593. The van der Waals surface area contributed by atoms with E-state index in [0.29, 0.717) is 5.82 Å². The van der Waals surface area contributed by atoms with Gasteiger partial charge in [-0.2, -0.15) is 0 Å². The highest BCUT2D eigenvalue weighted by Crippen LogP contribution is 2.23. The van der Waals surface area contributed by atoms with Crippen LogP contribution >= 0.6 is 11.3 Å². The van der Waals surface area contributed by atoms with Gasteiger partial charge in [0.2, 0.25) is 0 Å². The minimum atomic E-state index is -0.126. The molecule has 1 amide bonds. The van der Waals surface area contributed by atoms with Gasteiger partial charge >= 0.3 is 0 Å². The molecule has 0 radical (unpaired) electrons. The van der Waals surface area contributed by atoms with Crippen LogP contribution in [0, 0.1) is 5.41 Å². The van der Waals surface area contributed by atoms with Crippen LogP contribution in [0.5, 0.6) is 0 Å². The Morgan fingerprint density at radius 2 is 2.20 bits per heavy atom. The normalized spacial score (nSPS) is 11.6. The zero-order valence-corrected chi connectivity index (χ0v) is 13.1. The topological polar surface area (TPSA) is 55.1 Å². The van der Waals surface area contributed by atoms with E-state index in [4.69, 9.17) is 4.52 Å². The summed E-state index contributed by atoms with van der Waals surface area (Å²) in [5, 5.41) is 8.62. The monoisotopic (exact) mass is 292 g/mol. The maximum absolute atomic E-state index is 12.2. The van der Waals surface area contributed by atoms with Gasteiger partial charge in [-0.05, 0) is 23.3 Å². The fraction of sp³-hybridized carbons (Fsp3) is 0.467. The van der Waals surface area contributed by atoms with E-state index in [1.165, 1.54) is 0 Å². The lowest BCUT2D eigenvalue weighted by molar-refractivity contribution is 0.102. The first kappa shape index (κ1) is 14.8. The number of thiophene rings is 1.